The van der Waals surface area contributed by atoms with Crippen molar-refractivity contribution in [3.05, 3.63) is 34.2 Å². The first kappa shape index (κ1) is 11.5. The van der Waals surface area contributed by atoms with Gasteiger partial charge in [-0.25, -0.2) is 0 Å². The van der Waals surface area contributed by atoms with Crippen LogP contribution in [0, 0.1) is 0 Å². The lowest BCUT2D eigenvalue weighted by molar-refractivity contribution is 0.0932. The van der Waals surface area contributed by atoms with Crippen LogP contribution in [0.5, 0.6) is 0 Å². The average Bonchev–Trinajstić information content (AvgIpc) is 3.11. The molecular weight excluding hydrogens is 230 g/mol. The van der Waals surface area contributed by atoms with E-state index in [1.807, 2.05) is 0 Å². The minimum atomic E-state index is -0.242. The summed E-state index contributed by atoms with van der Waals surface area (Å²) in [6, 6.07) is 5.59. The molecule has 2 N–H and O–H groups in total. The van der Waals surface area contributed by atoms with Crippen molar-refractivity contribution in [3.63, 3.8) is 0 Å². The Kier molecular flexibility index (Phi) is 2.91. The number of H-pyrrole nitrogens is 1. The number of nitrogens with one attached hydrogen (secondary N) is 2. The number of carbonyl (C=O) groups excluding carboxylic acids is 1. The summed E-state index contributed by atoms with van der Waals surface area (Å²) in [5.74, 6) is -0.185. The van der Waals surface area contributed by atoms with Crippen molar-refractivity contribution in [2.75, 3.05) is 13.1 Å². The number of aromatic nitrogens is 1. The van der Waals surface area contributed by atoms with E-state index >= 15 is 0 Å². The molecule has 3 rings (SSSR count). The van der Waals surface area contributed by atoms with Crippen molar-refractivity contribution in [2.24, 2.45) is 0 Å². The van der Waals surface area contributed by atoms with Crippen LogP contribution in [-0.2, 0) is 0 Å². The quantitative estimate of drug-likeness (QED) is 0.809. The van der Waals surface area contributed by atoms with Crippen molar-refractivity contribution < 1.29 is 4.79 Å². The number of pyridine rings is 1. The molecule has 0 radical (unpaired) electrons. The summed E-state index contributed by atoms with van der Waals surface area (Å²) in [6.07, 6.45) is 3.60. The van der Waals surface area contributed by atoms with E-state index < -0.39 is 0 Å². The Bertz CT molecular complexity index is 507. The van der Waals surface area contributed by atoms with E-state index in [0.29, 0.717) is 5.69 Å². The van der Waals surface area contributed by atoms with Gasteiger partial charge in [-0.3, -0.25) is 14.5 Å². The molecule has 1 saturated heterocycles. The van der Waals surface area contributed by atoms with E-state index in [-0.39, 0.29) is 17.5 Å². The standard InChI is InChI=1S/C13H17N3O2/c17-12-3-1-2-11(15-12)13(18)14-9-6-7-16(8-9)10-4-5-10/h1-3,9-10H,4-8H2,(H,14,18)(H,15,17). The van der Waals surface area contributed by atoms with Crippen molar-refractivity contribution in [3.8, 4) is 0 Å². The van der Waals surface area contributed by atoms with Crippen LogP contribution in [0.25, 0.3) is 0 Å². The van der Waals surface area contributed by atoms with Gasteiger partial charge >= 0.3 is 0 Å². The van der Waals surface area contributed by atoms with Gasteiger partial charge in [-0.05, 0) is 25.3 Å². The van der Waals surface area contributed by atoms with Crippen molar-refractivity contribution in [2.45, 2.75) is 31.3 Å². The highest BCUT2D eigenvalue weighted by molar-refractivity contribution is 5.92. The molecule has 0 bridgehead atoms. The van der Waals surface area contributed by atoms with Gasteiger partial charge in [-0.2, -0.15) is 0 Å². The van der Waals surface area contributed by atoms with E-state index in [2.05, 4.69) is 15.2 Å². The molecule has 1 saturated carbocycles. The molecule has 1 aliphatic carbocycles. The fourth-order valence-corrected chi connectivity index (χ4v) is 2.52. The number of likely N-dealkylation sites (tertiary alicyclic amines) is 1. The van der Waals surface area contributed by atoms with Crippen molar-refractivity contribution in [1.82, 2.24) is 15.2 Å². The number of carbonyl (C=O) groups is 1. The lowest BCUT2D eigenvalue weighted by Gasteiger charge is -2.15. The minimum Gasteiger partial charge on any atom is -0.347 e. The lowest BCUT2D eigenvalue weighted by Crippen LogP contribution is -2.38. The van der Waals surface area contributed by atoms with Gasteiger partial charge in [0.2, 0.25) is 5.56 Å². The average molecular weight is 247 g/mol. The first-order valence-electron chi connectivity index (χ1n) is 6.46. The molecule has 2 aliphatic rings. The highest BCUT2D eigenvalue weighted by atomic mass is 16.2. The summed E-state index contributed by atoms with van der Waals surface area (Å²) < 4.78 is 0. The zero-order chi connectivity index (χ0) is 12.5. The topological polar surface area (TPSA) is 65.2 Å². The number of nitrogens with zero attached hydrogens (tertiary/aromatic N) is 1. The molecule has 1 aromatic heterocycles. The van der Waals surface area contributed by atoms with Crippen LogP contribution in [0.3, 0.4) is 0 Å². The van der Waals surface area contributed by atoms with Crippen molar-refractivity contribution >= 4 is 5.91 Å². The molecular formula is C13H17N3O2. The zero-order valence-corrected chi connectivity index (χ0v) is 10.2. The number of hydrogen-bond acceptors (Lipinski definition) is 3. The number of aromatic amines is 1. The maximum absolute atomic E-state index is 11.9. The first-order valence-corrected chi connectivity index (χ1v) is 6.46. The summed E-state index contributed by atoms with van der Waals surface area (Å²) in [5, 5.41) is 2.98. The Morgan fingerprint density at radius 1 is 1.33 bits per heavy atom. The third-order valence-corrected chi connectivity index (χ3v) is 3.63. The summed E-state index contributed by atoms with van der Waals surface area (Å²) in [7, 11) is 0. The van der Waals surface area contributed by atoms with Crippen LogP contribution >= 0.6 is 0 Å². The third-order valence-electron chi connectivity index (χ3n) is 3.63. The van der Waals surface area contributed by atoms with Crippen molar-refractivity contribution in [1.29, 1.82) is 0 Å². The Hall–Kier alpha value is -1.62. The van der Waals surface area contributed by atoms with E-state index in [1.54, 1.807) is 12.1 Å². The SMILES string of the molecule is O=C(NC1CCN(C2CC2)C1)c1cccc(=O)[nH]1. The maximum atomic E-state index is 11.9. The second-order valence-corrected chi connectivity index (χ2v) is 5.11. The van der Waals surface area contributed by atoms with E-state index in [9.17, 15) is 9.59 Å². The molecule has 96 valence electrons. The Morgan fingerprint density at radius 2 is 2.17 bits per heavy atom. The minimum absolute atomic E-state index is 0.185. The normalized spacial score (nSPS) is 24.1. The smallest absolute Gasteiger partial charge is 0.268 e. The maximum Gasteiger partial charge on any atom is 0.268 e. The molecule has 1 aromatic rings. The van der Waals surface area contributed by atoms with Gasteiger partial charge in [0.25, 0.3) is 5.91 Å². The molecule has 1 aliphatic heterocycles. The molecule has 0 spiro atoms. The lowest BCUT2D eigenvalue weighted by atomic mass is 10.2. The van der Waals surface area contributed by atoms with Gasteiger partial charge in [-0.1, -0.05) is 6.07 Å². The molecule has 1 amide bonds. The molecule has 2 heterocycles. The number of hydrogen-bond donors (Lipinski definition) is 2. The zero-order valence-electron chi connectivity index (χ0n) is 10.2. The van der Waals surface area contributed by atoms with E-state index in [0.717, 1.165) is 25.6 Å². The van der Waals surface area contributed by atoms with Gasteiger partial charge in [0.1, 0.15) is 5.69 Å². The Balaban J connectivity index is 1.59. The van der Waals surface area contributed by atoms with Gasteiger partial charge in [0.15, 0.2) is 0 Å². The predicted octanol–water partition coefficient (Wildman–Crippen LogP) is 0.341. The monoisotopic (exact) mass is 247 g/mol. The van der Waals surface area contributed by atoms with E-state index in [1.165, 1.54) is 18.9 Å². The third kappa shape index (κ3) is 2.46. The second kappa shape index (κ2) is 4.57. The van der Waals surface area contributed by atoms with Crippen LogP contribution in [0.15, 0.2) is 23.0 Å². The summed E-state index contributed by atoms with van der Waals surface area (Å²) in [6.45, 7) is 2.01. The van der Waals surface area contributed by atoms with Crippen LogP contribution in [-0.4, -0.2) is 41.0 Å². The van der Waals surface area contributed by atoms with Crippen LogP contribution in [0.2, 0.25) is 0 Å². The van der Waals surface area contributed by atoms with E-state index in [4.69, 9.17) is 0 Å². The molecule has 5 heteroatoms. The molecule has 18 heavy (non-hydrogen) atoms. The second-order valence-electron chi connectivity index (χ2n) is 5.11. The Labute approximate surface area is 105 Å². The fraction of sp³-hybridized carbons (Fsp3) is 0.538. The van der Waals surface area contributed by atoms with Crippen LogP contribution in [0.1, 0.15) is 29.8 Å². The molecule has 0 aromatic carbocycles. The molecule has 2 fully saturated rings. The van der Waals surface area contributed by atoms with Crippen LogP contribution < -0.4 is 10.9 Å². The largest absolute Gasteiger partial charge is 0.347 e. The summed E-state index contributed by atoms with van der Waals surface area (Å²) in [5.41, 5.74) is 0.0982. The highest BCUT2D eigenvalue weighted by Crippen LogP contribution is 2.29. The highest BCUT2D eigenvalue weighted by Gasteiger charge is 2.34. The molecule has 5 nitrogen and oxygen atoms in total. The van der Waals surface area contributed by atoms with Crippen LogP contribution in [0.4, 0.5) is 0 Å². The Morgan fingerprint density at radius 3 is 2.89 bits per heavy atom. The van der Waals surface area contributed by atoms with Gasteiger partial charge in [0.05, 0.1) is 0 Å². The fourth-order valence-electron chi connectivity index (χ4n) is 2.52. The van der Waals surface area contributed by atoms with Gasteiger partial charge < -0.3 is 10.3 Å². The van der Waals surface area contributed by atoms with Gasteiger partial charge in [-0.15, -0.1) is 0 Å². The summed E-state index contributed by atoms with van der Waals surface area (Å²) in [4.78, 5) is 28.1. The van der Waals surface area contributed by atoms with Gasteiger partial charge in [0, 0.05) is 31.2 Å². The number of rotatable bonds is 3. The summed E-state index contributed by atoms with van der Waals surface area (Å²) >= 11 is 0. The predicted molar refractivity (Wildman–Crippen MR) is 67.5 cm³/mol. The first-order chi connectivity index (χ1) is 8.72. The molecule has 1 atom stereocenters. The molecule has 1 unspecified atom stereocenters. The number of amides is 1.